The molecule has 2 aromatic heterocycles. The zero-order valence-corrected chi connectivity index (χ0v) is 15.3. The van der Waals surface area contributed by atoms with Crippen LogP contribution in [0, 0.1) is 0 Å². The Kier molecular flexibility index (Phi) is 5.36. The van der Waals surface area contributed by atoms with Crippen LogP contribution in [-0.2, 0) is 19.4 Å². The Morgan fingerprint density at radius 1 is 1.44 bits per heavy atom. The lowest BCUT2D eigenvalue weighted by Crippen LogP contribution is -2.46. The summed E-state index contributed by atoms with van der Waals surface area (Å²) >= 11 is 0. The molecule has 3 rings (SSSR count). The fourth-order valence-corrected chi connectivity index (χ4v) is 3.37. The molecule has 2 heterocycles. The van der Waals surface area contributed by atoms with Crippen LogP contribution in [0.3, 0.4) is 0 Å². The molecule has 0 saturated carbocycles. The molecule has 2 amide bonds. The second-order valence-corrected chi connectivity index (χ2v) is 6.88. The SMILES string of the molecule is CCN(Cc1ccccn1)C(=O)N[C@@H]1CCc2cnn(C(C)C)c2C1. The van der Waals surface area contributed by atoms with Gasteiger partial charge in [-0.2, -0.15) is 5.10 Å². The molecule has 0 unspecified atom stereocenters. The van der Waals surface area contributed by atoms with Crippen molar-refractivity contribution in [2.45, 2.75) is 58.7 Å². The number of rotatable bonds is 5. The Balaban J connectivity index is 1.63. The molecule has 2 aromatic rings. The summed E-state index contributed by atoms with van der Waals surface area (Å²) in [5, 5.41) is 7.71. The first-order valence-electron chi connectivity index (χ1n) is 9.09. The van der Waals surface area contributed by atoms with Gasteiger partial charge in [0, 0.05) is 36.9 Å². The molecule has 0 spiro atoms. The van der Waals surface area contributed by atoms with Crippen molar-refractivity contribution in [3.63, 3.8) is 0 Å². The molecule has 6 nitrogen and oxygen atoms in total. The normalized spacial score (nSPS) is 16.6. The molecule has 1 aliphatic carbocycles. The molecule has 0 fully saturated rings. The third-order valence-electron chi connectivity index (χ3n) is 4.75. The summed E-state index contributed by atoms with van der Waals surface area (Å²) in [5.41, 5.74) is 3.49. The van der Waals surface area contributed by atoms with Crippen LogP contribution in [0.25, 0.3) is 0 Å². The number of carbonyl (C=O) groups is 1. The number of amides is 2. The van der Waals surface area contributed by atoms with Crippen LogP contribution in [0.5, 0.6) is 0 Å². The Bertz CT molecular complexity index is 710. The molecule has 0 aromatic carbocycles. The zero-order valence-electron chi connectivity index (χ0n) is 15.3. The molecule has 0 aliphatic heterocycles. The summed E-state index contributed by atoms with van der Waals surface area (Å²) in [7, 11) is 0. The molecule has 6 heteroatoms. The Hall–Kier alpha value is -2.37. The van der Waals surface area contributed by atoms with E-state index in [0.29, 0.717) is 19.1 Å². The van der Waals surface area contributed by atoms with E-state index < -0.39 is 0 Å². The highest BCUT2D eigenvalue weighted by Gasteiger charge is 2.26. The topological polar surface area (TPSA) is 63.1 Å². The monoisotopic (exact) mass is 341 g/mol. The van der Waals surface area contributed by atoms with Gasteiger partial charge in [-0.1, -0.05) is 6.07 Å². The van der Waals surface area contributed by atoms with E-state index in [1.165, 1.54) is 11.3 Å². The minimum Gasteiger partial charge on any atom is -0.335 e. The van der Waals surface area contributed by atoms with Crippen molar-refractivity contribution in [1.29, 1.82) is 0 Å². The van der Waals surface area contributed by atoms with Gasteiger partial charge < -0.3 is 10.2 Å². The minimum atomic E-state index is -0.0165. The van der Waals surface area contributed by atoms with Crippen molar-refractivity contribution in [3.8, 4) is 0 Å². The molecule has 0 bridgehead atoms. The molecular weight excluding hydrogens is 314 g/mol. The van der Waals surface area contributed by atoms with Crippen LogP contribution in [0.1, 0.15) is 50.2 Å². The Morgan fingerprint density at radius 2 is 2.28 bits per heavy atom. The van der Waals surface area contributed by atoms with Crippen molar-refractivity contribution >= 4 is 6.03 Å². The molecular formula is C19H27N5O. The van der Waals surface area contributed by atoms with E-state index >= 15 is 0 Å². The predicted octanol–water partition coefficient (Wildman–Crippen LogP) is 2.95. The first kappa shape index (κ1) is 17.5. The quantitative estimate of drug-likeness (QED) is 0.909. The second kappa shape index (κ2) is 7.68. The van der Waals surface area contributed by atoms with Gasteiger partial charge in [-0.05, 0) is 51.3 Å². The summed E-state index contributed by atoms with van der Waals surface area (Å²) < 4.78 is 2.08. The predicted molar refractivity (Wildman–Crippen MR) is 97.3 cm³/mol. The van der Waals surface area contributed by atoms with E-state index in [2.05, 4.69) is 33.9 Å². The third kappa shape index (κ3) is 4.00. The average molecular weight is 341 g/mol. The van der Waals surface area contributed by atoms with Gasteiger partial charge in [0.2, 0.25) is 0 Å². The summed E-state index contributed by atoms with van der Waals surface area (Å²) in [6.45, 7) is 7.47. The number of carbonyl (C=O) groups excluding carboxylic acids is 1. The first-order chi connectivity index (χ1) is 12.1. The highest BCUT2D eigenvalue weighted by Crippen LogP contribution is 2.23. The van der Waals surface area contributed by atoms with Crippen molar-refractivity contribution in [3.05, 3.63) is 47.5 Å². The number of fused-ring (bicyclic) bond motifs is 1. The van der Waals surface area contributed by atoms with Crippen LogP contribution in [0.2, 0.25) is 0 Å². The van der Waals surface area contributed by atoms with Crippen LogP contribution in [0.15, 0.2) is 30.6 Å². The van der Waals surface area contributed by atoms with Crippen molar-refractivity contribution in [2.75, 3.05) is 6.54 Å². The van der Waals surface area contributed by atoms with E-state index in [4.69, 9.17) is 0 Å². The maximum absolute atomic E-state index is 12.7. The van der Waals surface area contributed by atoms with E-state index in [-0.39, 0.29) is 12.1 Å². The van der Waals surface area contributed by atoms with Crippen LogP contribution in [0.4, 0.5) is 4.79 Å². The fraction of sp³-hybridized carbons (Fsp3) is 0.526. The molecule has 25 heavy (non-hydrogen) atoms. The van der Waals surface area contributed by atoms with Gasteiger partial charge in [0.05, 0.1) is 18.4 Å². The largest absolute Gasteiger partial charge is 0.335 e. The number of aryl methyl sites for hydroxylation is 1. The molecule has 1 aliphatic rings. The average Bonchev–Trinajstić information content (AvgIpc) is 3.04. The number of hydrogen-bond acceptors (Lipinski definition) is 3. The number of nitrogens with one attached hydrogen (secondary N) is 1. The third-order valence-corrected chi connectivity index (χ3v) is 4.75. The number of nitrogens with zero attached hydrogens (tertiary/aromatic N) is 4. The molecule has 134 valence electrons. The van der Waals surface area contributed by atoms with Crippen molar-refractivity contribution < 1.29 is 4.79 Å². The van der Waals surface area contributed by atoms with Crippen molar-refractivity contribution in [2.24, 2.45) is 0 Å². The van der Waals surface area contributed by atoms with Gasteiger partial charge in [-0.3, -0.25) is 9.67 Å². The second-order valence-electron chi connectivity index (χ2n) is 6.88. The molecule has 0 saturated heterocycles. The number of hydrogen-bond donors (Lipinski definition) is 1. The zero-order chi connectivity index (χ0) is 17.8. The van der Waals surface area contributed by atoms with Crippen molar-refractivity contribution in [1.82, 2.24) is 25.0 Å². The van der Waals surface area contributed by atoms with E-state index in [1.807, 2.05) is 31.3 Å². The lowest BCUT2D eigenvalue weighted by Gasteiger charge is -2.28. The van der Waals surface area contributed by atoms with Gasteiger partial charge in [0.15, 0.2) is 0 Å². The molecule has 0 radical (unpaired) electrons. The first-order valence-corrected chi connectivity index (χ1v) is 9.09. The van der Waals surface area contributed by atoms with E-state index in [1.54, 1.807) is 11.1 Å². The smallest absolute Gasteiger partial charge is 0.317 e. The van der Waals surface area contributed by atoms with E-state index in [9.17, 15) is 4.79 Å². The molecule has 1 atom stereocenters. The van der Waals surface area contributed by atoms with Crippen LogP contribution in [-0.4, -0.2) is 38.3 Å². The fourth-order valence-electron chi connectivity index (χ4n) is 3.37. The van der Waals surface area contributed by atoms with E-state index in [0.717, 1.165) is 25.0 Å². The maximum atomic E-state index is 12.7. The lowest BCUT2D eigenvalue weighted by molar-refractivity contribution is 0.191. The lowest BCUT2D eigenvalue weighted by atomic mass is 9.93. The highest BCUT2D eigenvalue weighted by atomic mass is 16.2. The minimum absolute atomic E-state index is 0.0165. The summed E-state index contributed by atoms with van der Waals surface area (Å²) in [4.78, 5) is 18.8. The van der Waals surface area contributed by atoms with Crippen LogP contribution >= 0.6 is 0 Å². The standard InChI is InChI=1S/C19H27N5O/c1-4-23(13-17-7-5-6-10-20-17)19(25)22-16-9-8-15-12-21-24(14(2)3)18(15)11-16/h5-7,10,12,14,16H,4,8-9,11,13H2,1-3H3,(H,22,25)/t16-/m1/s1. The highest BCUT2D eigenvalue weighted by molar-refractivity contribution is 5.74. The van der Waals surface area contributed by atoms with Gasteiger partial charge in [0.25, 0.3) is 0 Å². The van der Waals surface area contributed by atoms with Gasteiger partial charge >= 0.3 is 6.03 Å². The number of aromatic nitrogens is 3. The van der Waals surface area contributed by atoms with Gasteiger partial charge in [-0.15, -0.1) is 0 Å². The maximum Gasteiger partial charge on any atom is 0.317 e. The Morgan fingerprint density at radius 3 is 2.96 bits per heavy atom. The summed E-state index contributed by atoms with van der Waals surface area (Å²) in [5.74, 6) is 0. The van der Waals surface area contributed by atoms with Gasteiger partial charge in [0.1, 0.15) is 0 Å². The summed E-state index contributed by atoms with van der Waals surface area (Å²) in [6, 6.07) is 6.27. The summed E-state index contributed by atoms with van der Waals surface area (Å²) in [6.07, 6.45) is 6.52. The molecule has 1 N–H and O–H groups in total. The Labute approximate surface area is 149 Å². The van der Waals surface area contributed by atoms with Crippen LogP contribution < -0.4 is 5.32 Å². The number of pyridine rings is 1. The van der Waals surface area contributed by atoms with Gasteiger partial charge in [-0.25, -0.2) is 4.79 Å². The number of urea groups is 1.